The van der Waals surface area contributed by atoms with E-state index in [2.05, 4.69) is 13.0 Å². The van der Waals surface area contributed by atoms with E-state index >= 15 is 0 Å². The summed E-state index contributed by atoms with van der Waals surface area (Å²) < 4.78 is 5.65. The molecule has 1 amide bonds. The fourth-order valence-corrected chi connectivity index (χ4v) is 6.98. The van der Waals surface area contributed by atoms with E-state index in [9.17, 15) is 4.79 Å². The van der Waals surface area contributed by atoms with Crippen molar-refractivity contribution in [2.75, 3.05) is 25.5 Å². The fraction of sp³-hybridized carbons (Fsp3) is 0.625. The quantitative estimate of drug-likeness (QED) is 0.717. The third-order valence-electron chi connectivity index (χ3n) is 7.78. The summed E-state index contributed by atoms with van der Waals surface area (Å²) >= 11 is 1.63. The highest BCUT2D eigenvalue weighted by Gasteiger charge is 2.44. The van der Waals surface area contributed by atoms with Gasteiger partial charge in [0, 0.05) is 42.5 Å². The summed E-state index contributed by atoms with van der Waals surface area (Å²) in [6.07, 6.45) is 10.3. The van der Waals surface area contributed by atoms with Crippen LogP contribution in [-0.2, 0) is 9.53 Å². The molecule has 3 heterocycles. The van der Waals surface area contributed by atoms with Crippen LogP contribution in [0.5, 0.6) is 0 Å². The van der Waals surface area contributed by atoms with Crippen molar-refractivity contribution in [1.29, 1.82) is 0 Å². The van der Waals surface area contributed by atoms with Crippen molar-refractivity contribution in [3.8, 4) is 0 Å². The highest BCUT2D eigenvalue weighted by molar-refractivity contribution is 8.03. The van der Waals surface area contributed by atoms with Crippen molar-refractivity contribution in [1.82, 2.24) is 14.9 Å². The summed E-state index contributed by atoms with van der Waals surface area (Å²) in [6, 6.07) is 0.152. The second kappa shape index (κ2) is 8.47. The average molecular weight is 456 g/mol. The van der Waals surface area contributed by atoms with E-state index in [-0.39, 0.29) is 17.4 Å². The van der Waals surface area contributed by atoms with E-state index in [1.165, 1.54) is 10.5 Å². The van der Waals surface area contributed by atoms with Gasteiger partial charge in [0.1, 0.15) is 5.03 Å². The van der Waals surface area contributed by atoms with E-state index in [1.54, 1.807) is 18.7 Å². The number of likely N-dealkylation sites (tertiary alicyclic amines) is 1. The number of nitrogen functional groups attached to an aromatic ring is 1. The average Bonchev–Trinajstić information content (AvgIpc) is 3.31. The number of thioether (sulfide) groups is 1. The maximum absolute atomic E-state index is 12.1. The smallest absolute Gasteiger partial charge is 0.223 e. The zero-order valence-corrected chi connectivity index (χ0v) is 19.8. The van der Waals surface area contributed by atoms with Crippen LogP contribution in [0.1, 0.15) is 64.0 Å². The van der Waals surface area contributed by atoms with Gasteiger partial charge in [-0.1, -0.05) is 24.8 Å². The molecule has 4 N–H and O–H groups in total. The Morgan fingerprint density at radius 2 is 2.12 bits per heavy atom. The third-order valence-corrected chi connectivity index (χ3v) is 8.96. The molecule has 2 aliphatic heterocycles. The Bertz CT molecular complexity index is 983. The number of allylic oxidation sites excluding steroid dienone is 3. The van der Waals surface area contributed by atoms with Gasteiger partial charge in [0.15, 0.2) is 5.82 Å². The first-order chi connectivity index (χ1) is 15.4. The van der Waals surface area contributed by atoms with Crippen LogP contribution in [0.25, 0.3) is 0 Å². The van der Waals surface area contributed by atoms with Crippen molar-refractivity contribution in [3.05, 3.63) is 34.1 Å². The predicted octanol–water partition coefficient (Wildman–Crippen LogP) is 3.58. The Morgan fingerprint density at radius 1 is 1.34 bits per heavy atom. The lowest BCUT2D eigenvalue weighted by molar-refractivity contribution is -0.126. The molecular weight excluding hydrogens is 422 g/mol. The zero-order valence-electron chi connectivity index (χ0n) is 19.0. The molecule has 32 heavy (non-hydrogen) atoms. The number of anilines is 1. The molecule has 0 bridgehead atoms. The standard InChI is InChI=1S/C24H33N5O2S/c1-14-11-29(15(2)30)18-4-3-5-19(21(14)18)32-23-22(26)28-17(10-27-23)16-6-8-24(9-7-16)13-31-12-20(24)25/h4,10,14,16,20H,3,5-9,11-13,25H2,1-2H3,(H2,26,28). The monoisotopic (exact) mass is 455 g/mol. The number of hydrogen-bond acceptors (Lipinski definition) is 7. The number of nitrogens with zero attached hydrogens (tertiary/aromatic N) is 3. The third kappa shape index (κ3) is 3.76. The van der Waals surface area contributed by atoms with Crippen molar-refractivity contribution >= 4 is 23.5 Å². The van der Waals surface area contributed by atoms with Crippen LogP contribution >= 0.6 is 11.8 Å². The predicted molar refractivity (Wildman–Crippen MR) is 126 cm³/mol. The van der Waals surface area contributed by atoms with Gasteiger partial charge in [-0.25, -0.2) is 9.97 Å². The summed E-state index contributed by atoms with van der Waals surface area (Å²) in [5.74, 6) is 1.31. The molecule has 1 aromatic rings. The van der Waals surface area contributed by atoms with Gasteiger partial charge in [0.2, 0.25) is 5.91 Å². The zero-order chi connectivity index (χ0) is 22.5. The Morgan fingerprint density at radius 3 is 2.78 bits per heavy atom. The van der Waals surface area contributed by atoms with Crippen LogP contribution in [0.2, 0.25) is 0 Å². The lowest BCUT2D eigenvalue weighted by atomic mass is 9.67. The highest BCUT2D eigenvalue weighted by atomic mass is 32.2. The fourth-order valence-electron chi connectivity index (χ4n) is 5.85. The number of amides is 1. The van der Waals surface area contributed by atoms with Crippen molar-refractivity contribution < 1.29 is 9.53 Å². The van der Waals surface area contributed by atoms with E-state index in [4.69, 9.17) is 26.2 Å². The first kappa shape index (κ1) is 21.9. The number of aromatic nitrogens is 2. The van der Waals surface area contributed by atoms with E-state index < -0.39 is 0 Å². The summed E-state index contributed by atoms with van der Waals surface area (Å²) in [5, 5.41) is 0.768. The molecule has 8 heteroatoms. The van der Waals surface area contributed by atoms with Crippen molar-refractivity contribution in [3.63, 3.8) is 0 Å². The van der Waals surface area contributed by atoms with Gasteiger partial charge in [-0.05, 0) is 49.0 Å². The molecule has 0 aromatic carbocycles. The molecule has 0 radical (unpaired) electrons. The Balaban J connectivity index is 1.31. The van der Waals surface area contributed by atoms with Gasteiger partial charge in [-0.15, -0.1) is 0 Å². The van der Waals surface area contributed by atoms with Crippen molar-refractivity contribution in [2.24, 2.45) is 17.1 Å². The highest BCUT2D eigenvalue weighted by Crippen LogP contribution is 2.48. The summed E-state index contributed by atoms with van der Waals surface area (Å²) in [6.45, 7) is 6.05. The van der Waals surface area contributed by atoms with Crippen LogP contribution < -0.4 is 11.5 Å². The molecule has 1 spiro atoms. The number of rotatable bonds is 3. The Kier molecular flexibility index (Phi) is 5.80. The Hall–Kier alpha value is -1.90. The first-order valence-corrected chi connectivity index (χ1v) is 12.5. The minimum Gasteiger partial charge on any atom is -0.381 e. The van der Waals surface area contributed by atoms with E-state index in [0.717, 1.165) is 68.1 Å². The van der Waals surface area contributed by atoms with Crippen LogP contribution in [0.15, 0.2) is 33.5 Å². The summed E-state index contributed by atoms with van der Waals surface area (Å²) in [7, 11) is 0. The number of carbonyl (C=O) groups is 1. The summed E-state index contributed by atoms with van der Waals surface area (Å²) in [4.78, 5) is 24.7. The molecule has 1 aromatic heterocycles. The molecule has 5 rings (SSSR count). The second-order valence-corrected chi connectivity index (χ2v) is 10.9. The molecule has 4 aliphatic rings. The number of hydrogen-bond donors (Lipinski definition) is 2. The maximum Gasteiger partial charge on any atom is 0.223 e. The number of fused-ring (bicyclic) bond motifs is 1. The van der Waals surface area contributed by atoms with E-state index in [0.29, 0.717) is 24.3 Å². The first-order valence-electron chi connectivity index (χ1n) is 11.7. The Labute approximate surface area is 194 Å². The molecule has 172 valence electrons. The topological polar surface area (TPSA) is 107 Å². The van der Waals surface area contributed by atoms with Gasteiger partial charge in [0.25, 0.3) is 0 Å². The normalized spacial score (nSPS) is 32.4. The minimum atomic E-state index is 0.104. The molecule has 2 unspecified atom stereocenters. The number of carbonyl (C=O) groups excluding carboxylic acids is 1. The molecule has 7 nitrogen and oxygen atoms in total. The van der Waals surface area contributed by atoms with Crippen LogP contribution in [0.4, 0.5) is 5.82 Å². The molecule has 2 saturated heterocycles. The van der Waals surface area contributed by atoms with Gasteiger partial charge in [-0.2, -0.15) is 0 Å². The van der Waals surface area contributed by atoms with E-state index in [1.807, 2.05) is 11.1 Å². The SMILES string of the molecule is CC(=O)N1CC(C)C2=C(Sc3ncc(C4CCC5(CC4)COCC5N)nc3N)CCC=C21. The van der Waals surface area contributed by atoms with Gasteiger partial charge in [0.05, 0.1) is 25.1 Å². The number of nitrogens with two attached hydrogens (primary N) is 2. The van der Waals surface area contributed by atoms with Crippen LogP contribution in [0.3, 0.4) is 0 Å². The molecule has 2 aliphatic carbocycles. The maximum atomic E-state index is 12.1. The molecule has 2 atom stereocenters. The number of ether oxygens (including phenoxy) is 1. The summed E-state index contributed by atoms with van der Waals surface area (Å²) in [5.41, 5.74) is 16.2. The largest absolute Gasteiger partial charge is 0.381 e. The van der Waals surface area contributed by atoms with Crippen molar-refractivity contribution in [2.45, 2.75) is 69.4 Å². The molecule has 1 saturated carbocycles. The van der Waals surface area contributed by atoms with Crippen LogP contribution in [0, 0.1) is 11.3 Å². The van der Waals surface area contributed by atoms with Crippen LogP contribution in [-0.4, -0.2) is 46.6 Å². The molecule has 3 fully saturated rings. The molecular formula is C24H33N5O2S. The minimum absolute atomic E-state index is 0.104. The lowest BCUT2D eigenvalue weighted by Gasteiger charge is -2.38. The lowest BCUT2D eigenvalue weighted by Crippen LogP contribution is -2.43. The second-order valence-electron chi connectivity index (χ2n) is 9.84. The van der Waals surface area contributed by atoms with Gasteiger partial charge < -0.3 is 21.1 Å². The van der Waals surface area contributed by atoms with Gasteiger partial charge >= 0.3 is 0 Å². The van der Waals surface area contributed by atoms with Gasteiger partial charge in [-0.3, -0.25) is 4.79 Å².